The Hall–Kier alpha value is -1.08. The van der Waals surface area contributed by atoms with Crippen molar-refractivity contribution in [2.24, 2.45) is 0 Å². The minimum atomic E-state index is 0.658. The molecule has 0 heterocycles. The van der Waals surface area contributed by atoms with Crippen molar-refractivity contribution in [1.29, 1.82) is 0 Å². The van der Waals surface area contributed by atoms with E-state index in [0.717, 1.165) is 6.54 Å². The highest BCUT2D eigenvalue weighted by Crippen LogP contribution is 2.12. The Kier molecular flexibility index (Phi) is 3.22. The van der Waals surface area contributed by atoms with Crippen molar-refractivity contribution >= 4 is 0 Å². The van der Waals surface area contributed by atoms with Crippen LogP contribution in [0.1, 0.15) is 29.5 Å². The van der Waals surface area contributed by atoms with E-state index in [0.29, 0.717) is 6.04 Å². The Morgan fingerprint density at radius 1 is 1.07 bits per heavy atom. The van der Waals surface area contributed by atoms with Crippen molar-refractivity contribution in [3.05, 3.63) is 47.0 Å². The molecule has 1 nitrogen and oxygen atoms in total. The molecule has 0 amide bonds. The lowest BCUT2D eigenvalue weighted by Crippen LogP contribution is -2.25. The van der Waals surface area contributed by atoms with E-state index in [1.54, 1.807) is 0 Å². The van der Waals surface area contributed by atoms with Gasteiger partial charge in [-0.3, -0.25) is 0 Å². The van der Waals surface area contributed by atoms with Gasteiger partial charge in [-0.05, 0) is 32.3 Å². The second-order valence-electron chi connectivity index (χ2n) is 4.52. The number of nitrogens with one attached hydrogen (secondary N) is 1. The van der Waals surface area contributed by atoms with E-state index in [1.807, 2.05) is 0 Å². The van der Waals surface area contributed by atoms with Crippen LogP contribution in [0.4, 0.5) is 0 Å². The SMILES string of the molecule is Cc1cc(C)cc(CNC2CC=CC2)c1. The summed E-state index contributed by atoms with van der Waals surface area (Å²) in [5, 5.41) is 3.59. The van der Waals surface area contributed by atoms with Gasteiger partial charge in [0.05, 0.1) is 0 Å². The lowest BCUT2D eigenvalue weighted by molar-refractivity contribution is 0.538. The lowest BCUT2D eigenvalue weighted by atomic mass is 10.1. The molecule has 1 N–H and O–H groups in total. The average Bonchev–Trinajstić information content (AvgIpc) is 2.65. The Morgan fingerprint density at radius 2 is 1.67 bits per heavy atom. The lowest BCUT2D eigenvalue weighted by Gasteiger charge is -2.12. The molecule has 0 fully saturated rings. The fourth-order valence-electron chi connectivity index (χ4n) is 2.22. The van der Waals surface area contributed by atoms with E-state index in [-0.39, 0.29) is 0 Å². The van der Waals surface area contributed by atoms with Gasteiger partial charge < -0.3 is 5.32 Å². The first-order chi connectivity index (χ1) is 7.24. The molecule has 0 aromatic heterocycles. The van der Waals surface area contributed by atoms with Gasteiger partial charge in [0.2, 0.25) is 0 Å². The van der Waals surface area contributed by atoms with Gasteiger partial charge in [-0.2, -0.15) is 0 Å². The summed E-state index contributed by atoms with van der Waals surface area (Å²) in [5.74, 6) is 0. The number of rotatable bonds is 3. The summed E-state index contributed by atoms with van der Waals surface area (Å²) in [6.45, 7) is 5.32. The fraction of sp³-hybridized carbons (Fsp3) is 0.429. The predicted molar refractivity (Wildman–Crippen MR) is 64.9 cm³/mol. The molecule has 15 heavy (non-hydrogen) atoms. The molecule has 2 rings (SSSR count). The smallest absolute Gasteiger partial charge is 0.0208 e. The van der Waals surface area contributed by atoms with Crippen molar-refractivity contribution in [1.82, 2.24) is 5.32 Å². The molecule has 0 unspecified atom stereocenters. The fourth-order valence-corrected chi connectivity index (χ4v) is 2.22. The summed E-state index contributed by atoms with van der Waals surface area (Å²) >= 11 is 0. The van der Waals surface area contributed by atoms with Crippen molar-refractivity contribution in [3.8, 4) is 0 Å². The van der Waals surface area contributed by atoms with Gasteiger partial charge in [0.15, 0.2) is 0 Å². The Balaban J connectivity index is 1.92. The third kappa shape index (κ3) is 2.93. The van der Waals surface area contributed by atoms with Crippen molar-refractivity contribution < 1.29 is 0 Å². The number of aryl methyl sites for hydroxylation is 2. The number of benzene rings is 1. The van der Waals surface area contributed by atoms with Gasteiger partial charge >= 0.3 is 0 Å². The quantitative estimate of drug-likeness (QED) is 0.741. The summed E-state index contributed by atoms with van der Waals surface area (Å²) in [4.78, 5) is 0. The highest BCUT2D eigenvalue weighted by atomic mass is 14.9. The molecule has 0 aliphatic heterocycles. The van der Waals surface area contributed by atoms with Crippen molar-refractivity contribution in [3.63, 3.8) is 0 Å². The Labute approximate surface area is 92.2 Å². The molecule has 0 atom stereocenters. The van der Waals surface area contributed by atoms with Gasteiger partial charge in [0.1, 0.15) is 0 Å². The second kappa shape index (κ2) is 4.63. The summed E-state index contributed by atoms with van der Waals surface area (Å²) in [5.41, 5.74) is 4.12. The molecule has 0 spiro atoms. The van der Waals surface area contributed by atoms with Crippen LogP contribution in [0.2, 0.25) is 0 Å². The molecule has 1 aromatic rings. The maximum Gasteiger partial charge on any atom is 0.0208 e. The standard InChI is InChI=1S/C14H19N/c1-11-7-12(2)9-13(8-11)10-15-14-5-3-4-6-14/h3-4,7-9,14-15H,5-6,10H2,1-2H3. The molecule has 0 saturated heterocycles. The normalized spacial score (nSPS) is 16.1. The second-order valence-corrected chi connectivity index (χ2v) is 4.52. The predicted octanol–water partition coefficient (Wildman–Crippen LogP) is 3.11. The van der Waals surface area contributed by atoms with Crippen molar-refractivity contribution in [2.45, 2.75) is 39.3 Å². The molecule has 0 bridgehead atoms. The third-order valence-electron chi connectivity index (χ3n) is 2.88. The largest absolute Gasteiger partial charge is 0.309 e. The molecule has 1 aromatic carbocycles. The van der Waals surface area contributed by atoms with Crippen molar-refractivity contribution in [2.75, 3.05) is 0 Å². The first-order valence-corrected chi connectivity index (χ1v) is 5.69. The van der Waals surface area contributed by atoms with Gasteiger partial charge in [-0.25, -0.2) is 0 Å². The van der Waals surface area contributed by atoms with Gasteiger partial charge in [0, 0.05) is 12.6 Å². The van der Waals surface area contributed by atoms with Crippen LogP contribution in [0.5, 0.6) is 0 Å². The van der Waals surface area contributed by atoms with Gasteiger partial charge in [0.25, 0.3) is 0 Å². The summed E-state index contributed by atoms with van der Waals surface area (Å²) < 4.78 is 0. The zero-order chi connectivity index (χ0) is 10.7. The van der Waals surface area contributed by atoms with Crippen LogP contribution in [0.25, 0.3) is 0 Å². The van der Waals surface area contributed by atoms with E-state index in [2.05, 4.69) is 49.5 Å². The summed E-state index contributed by atoms with van der Waals surface area (Å²) in [7, 11) is 0. The minimum absolute atomic E-state index is 0.658. The third-order valence-corrected chi connectivity index (χ3v) is 2.88. The monoisotopic (exact) mass is 201 g/mol. The summed E-state index contributed by atoms with van der Waals surface area (Å²) in [6, 6.07) is 7.41. The topological polar surface area (TPSA) is 12.0 Å². The zero-order valence-electron chi connectivity index (χ0n) is 9.59. The Morgan fingerprint density at radius 3 is 2.27 bits per heavy atom. The highest BCUT2D eigenvalue weighted by Gasteiger charge is 2.08. The molecular formula is C14H19N. The molecular weight excluding hydrogens is 182 g/mol. The maximum atomic E-state index is 3.59. The average molecular weight is 201 g/mol. The van der Waals surface area contributed by atoms with Gasteiger partial charge in [-0.1, -0.05) is 41.5 Å². The minimum Gasteiger partial charge on any atom is -0.309 e. The maximum absolute atomic E-state index is 3.59. The highest BCUT2D eigenvalue weighted by molar-refractivity contribution is 5.28. The first kappa shape index (κ1) is 10.4. The molecule has 80 valence electrons. The van der Waals surface area contributed by atoms with Gasteiger partial charge in [-0.15, -0.1) is 0 Å². The van der Waals surface area contributed by atoms with Crippen LogP contribution < -0.4 is 5.32 Å². The molecule has 1 heteroatoms. The molecule has 0 radical (unpaired) electrons. The molecule has 1 aliphatic rings. The first-order valence-electron chi connectivity index (χ1n) is 5.69. The molecule has 0 saturated carbocycles. The van der Waals surface area contributed by atoms with Crippen LogP contribution in [-0.2, 0) is 6.54 Å². The number of hydrogen-bond acceptors (Lipinski definition) is 1. The van der Waals surface area contributed by atoms with E-state index in [4.69, 9.17) is 0 Å². The van der Waals surface area contributed by atoms with Crippen LogP contribution in [0.15, 0.2) is 30.4 Å². The van der Waals surface area contributed by atoms with Crippen LogP contribution >= 0.6 is 0 Å². The summed E-state index contributed by atoms with van der Waals surface area (Å²) in [6.07, 6.45) is 6.90. The van der Waals surface area contributed by atoms with Crippen LogP contribution in [-0.4, -0.2) is 6.04 Å². The van der Waals surface area contributed by atoms with E-state index in [1.165, 1.54) is 29.5 Å². The van der Waals surface area contributed by atoms with E-state index >= 15 is 0 Å². The van der Waals surface area contributed by atoms with E-state index < -0.39 is 0 Å². The Bertz CT molecular complexity index is 337. The number of hydrogen-bond donors (Lipinski definition) is 1. The molecule has 1 aliphatic carbocycles. The van der Waals surface area contributed by atoms with Crippen LogP contribution in [0.3, 0.4) is 0 Å². The van der Waals surface area contributed by atoms with E-state index in [9.17, 15) is 0 Å². The zero-order valence-corrected chi connectivity index (χ0v) is 9.59. The van der Waals surface area contributed by atoms with Crippen LogP contribution in [0, 0.1) is 13.8 Å².